The molecule has 1 aliphatic carbocycles. The number of aromatic hydroxyl groups is 2. The topological polar surface area (TPSA) is 112 Å². The number of carboxylic acids is 1. The number of hydrogen-bond acceptors (Lipinski definition) is 5. The SMILES string of the molecule is O=C(O)c1ccc2cc(O)c3c(c2c1)C(=O)c1ccc(Cl)c(O)c1C3=O. The molecule has 0 aliphatic heterocycles. The average molecular weight is 369 g/mol. The van der Waals surface area contributed by atoms with E-state index in [1.165, 1.54) is 36.4 Å². The Morgan fingerprint density at radius 3 is 2.31 bits per heavy atom. The van der Waals surface area contributed by atoms with Crippen LogP contribution in [0.3, 0.4) is 0 Å². The van der Waals surface area contributed by atoms with E-state index in [0.717, 1.165) is 0 Å². The number of carboxylic acid groups (broad SMARTS) is 1. The van der Waals surface area contributed by atoms with Gasteiger partial charge in [-0.2, -0.15) is 0 Å². The van der Waals surface area contributed by atoms with Gasteiger partial charge in [-0.25, -0.2) is 4.79 Å². The summed E-state index contributed by atoms with van der Waals surface area (Å²) in [5.74, 6) is -3.52. The number of carbonyl (C=O) groups is 3. The number of phenolic OH excluding ortho intramolecular Hbond substituents is 2. The number of rotatable bonds is 1. The Morgan fingerprint density at radius 2 is 1.62 bits per heavy atom. The van der Waals surface area contributed by atoms with E-state index in [4.69, 9.17) is 11.6 Å². The Balaban J connectivity index is 2.14. The molecule has 26 heavy (non-hydrogen) atoms. The summed E-state index contributed by atoms with van der Waals surface area (Å²) in [6.45, 7) is 0. The Kier molecular flexibility index (Phi) is 3.29. The number of fused-ring (bicyclic) bond motifs is 4. The predicted octanol–water partition coefficient (Wildman–Crippen LogP) is 3.38. The van der Waals surface area contributed by atoms with Crippen molar-refractivity contribution in [1.82, 2.24) is 0 Å². The van der Waals surface area contributed by atoms with Crippen LogP contribution in [0.1, 0.15) is 42.2 Å². The molecule has 0 saturated carbocycles. The molecule has 0 atom stereocenters. The summed E-state index contributed by atoms with van der Waals surface area (Å²) in [4.78, 5) is 37.1. The first-order valence-corrected chi connectivity index (χ1v) is 7.83. The summed E-state index contributed by atoms with van der Waals surface area (Å²) in [5.41, 5.74) is -0.774. The van der Waals surface area contributed by atoms with Crippen LogP contribution >= 0.6 is 11.6 Å². The molecular weight excluding hydrogens is 360 g/mol. The van der Waals surface area contributed by atoms with Gasteiger partial charge in [0.05, 0.1) is 21.7 Å². The highest BCUT2D eigenvalue weighted by molar-refractivity contribution is 6.37. The molecule has 0 fully saturated rings. The first-order valence-electron chi connectivity index (χ1n) is 7.45. The number of carbonyl (C=O) groups excluding carboxylic acids is 2. The van der Waals surface area contributed by atoms with E-state index in [1.807, 2.05) is 0 Å². The van der Waals surface area contributed by atoms with Crippen molar-refractivity contribution >= 4 is 39.9 Å². The largest absolute Gasteiger partial charge is 0.507 e. The van der Waals surface area contributed by atoms with E-state index >= 15 is 0 Å². The van der Waals surface area contributed by atoms with Gasteiger partial charge in [-0.3, -0.25) is 9.59 Å². The molecule has 7 heteroatoms. The van der Waals surface area contributed by atoms with Crippen LogP contribution in [0, 0.1) is 0 Å². The summed E-state index contributed by atoms with van der Waals surface area (Å²) < 4.78 is 0. The Bertz CT molecular complexity index is 1180. The van der Waals surface area contributed by atoms with Crippen molar-refractivity contribution in [2.24, 2.45) is 0 Å². The van der Waals surface area contributed by atoms with Gasteiger partial charge in [0.25, 0.3) is 0 Å². The monoisotopic (exact) mass is 368 g/mol. The lowest BCUT2D eigenvalue weighted by Gasteiger charge is -2.21. The fourth-order valence-corrected chi connectivity index (χ4v) is 3.38. The van der Waals surface area contributed by atoms with Gasteiger partial charge < -0.3 is 15.3 Å². The molecule has 6 nitrogen and oxygen atoms in total. The summed E-state index contributed by atoms with van der Waals surface area (Å²) in [6.07, 6.45) is 0. The van der Waals surface area contributed by atoms with Gasteiger partial charge in [0.1, 0.15) is 11.5 Å². The second-order valence-corrected chi connectivity index (χ2v) is 6.27. The van der Waals surface area contributed by atoms with E-state index in [0.29, 0.717) is 5.39 Å². The third-order valence-corrected chi connectivity index (χ3v) is 4.73. The van der Waals surface area contributed by atoms with Crippen LogP contribution in [-0.2, 0) is 0 Å². The summed E-state index contributed by atoms with van der Waals surface area (Å²) in [5, 5.41) is 30.2. The van der Waals surface area contributed by atoms with Crippen LogP contribution in [0.15, 0.2) is 36.4 Å². The molecule has 0 amide bonds. The normalized spacial score (nSPS) is 12.8. The number of benzene rings is 3. The van der Waals surface area contributed by atoms with Gasteiger partial charge in [-0.15, -0.1) is 0 Å². The molecule has 0 unspecified atom stereocenters. The molecular formula is C19H9ClO6. The van der Waals surface area contributed by atoms with Gasteiger partial charge in [-0.05, 0) is 41.1 Å². The van der Waals surface area contributed by atoms with Crippen molar-refractivity contribution in [3.63, 3.8) is 0 Å². The predicted molar refractivity (Wildman–Crippen MR) is 92.6 cm³/mol. The number of aromatic carboxylic acids is 1. The van der Waals surface area contributed by atoms with E-state index < -0.39 is 29.0 Å². The minimum Gasteiger partial charge on any atom is -0.507 e. The Labute approximate surface area is 150 Å². The smallest absolute Gasteiger partial charge is 0.335 e. The molecule has 0 radical (unpaired) electrons. The van der Waals surface area contributed by atoms with E-state index in [1.54, 1.807) is 0 Å². The highest BCUT2D eigenvalue weighted by atomic mass is 35.5. The van der Waals surface area contributed by atoms with Crippen molar-refractivity contribution in [3.05, 3.63) is 69.2 Å². The molecule has 0 aromatic heterocycles. The summed E-state index contributed by atoms with van der Waals surface area (Å²) in [7, 11) is 0. The molecule has 0 saturated heterocycles. The lowest BCUT2D eigenvalue weighted by molar-refractivity contribution is 0.0696. The molecule has 128 valence electrons. The minimum atomic E-state index is -1.19. The third-order valence-electron chi connectivity index (χ3n) is 4.42. The second-order valence-electron chi connectivity index (χ2n) is 5.86. The van der Waals surface area contributed by atoms with E-state index in [-0.39, 0.29) is 38.2 Å². The van der Waals surface area contributed by atoms with Crippen molar-refractivity contribution < 1.29 is 29.7 Å². The van der Waals surface area contributed by atoms with Crippen molar-refractivity contribution in [3.8, 4) is 11.5 Å². The van der Waals surface area contributed by atoms with Crippen molar-refractivity contribution in [2.45, 2.75) is 0 Å². The highest BCUT2D eigenvalue weighted by Crippen LogP contribution is 2.42. The zero-order valence-corrected chi connectivity index (χ0v) is 13.7. The third kappa shape index (κ3) is 2.02. The maximum absolute atomic E-state index is 13.0. The number of ketones is 2. The van der Waals surface area contributed by atoms with Crippen LogP contribution in [0.5, 0.6) is 11.5 Å². The number of phenols is 2. The number of halogens is 1. The molecule has 1 aliphatic rings. The van der Waals surface area contributed by atoms with E-state index in [2.05, 4.69) is 0 Å². The van der Waals surface area contributed by atoms with Crippen LogP contribution in [0.2, 0.25) is 5.02 Å². The zero-order valence-electron chi connectivity index (χ0n) is 12.9. The Morgan fingerprint density at radius 1 is 0.885 bits per heavy atom. The lowest BCUT2D eigenvalue weighted by Crippen LogP contribution is -2.22. The fraction of sp³-hybridized carbons (Fsp3) is 0. The molecule has 0 bridgehead atoms. The first-order chi connectivity index (χ1) is 12.3. The zero-order chi connectivity index (χ0) is 18.7. The Hall–Kier alpha value is -3.38. The van der Waals surface area contributed by atoms with E-state index in [9.17, 15) is 29.7 Å². The van der Waals surface area contributed by atoms with Gasteiger partial charge in [0, 0.05) is 11.1 Å². The van der Waals surface area contributed by atoms with Gasteiger partial charge in [0.15, 0.2) is 5.78 Å². The van der Waals surface area contributed by atoms with Gasteiger partial charge in [-0.1, -0.05) is 17.7 Å². The number of hydrogen-bond donors (Lipinski definition) is 3. The standard InChI is InChI=1S/C19H9ClO6/c20-11-4-3-9-14(17(11)23)18(24)15-12(21)6-7-1-2-8(19(25)26)5-10(7)13(15)16(9)22/h1-6,21,23H,(H,25,26). The summed E-state index contributed by atoms with van der Waals surface area (Å²) in [6, 6.07) is 7.95. The summed E-state index contributed by atoms with van der Waals surface area (Å²) >= 11 is 5.83. The highest BCUT2D eigenvalue weighted by Gasteiger charge is 2.36. The maximum Gasteiger partial charge on any atom is 0.335 e. The van der Waals surface area contributed by atoms with Crippen LogP contribution in [0.25, 0.3) is 10.8 Å². The van der Waals surface area contributed by atoms with Gasteiger partial charge in [0.2, 0.25) is 5.78 Å². The quantitative estimate of drug-likeness (QED) is 0.475. The molecule has 4 rings (SSSR count). The molecule has 3 N–H and O–H groups in total. The first kappa shape index (κ1) is 16.1. The van der Waals surface area contributed by atoms with Crippen LogP contribution < -0.4 is 0 Å². The van der Waals surface area contributed by atoms with Gasteiger partial charge >= 0.3 is 5.97 Å². The van der Waals surface area contributed by atoms with Crippen molar-refractivity contribution in [1.29, 1.82) is 0 Å². The van der Waals surface area contributed by atoms with Crippen LogP contribution in [-0.4, -0.2) is 32.9 Å². The molecule has 0 spiro atoms. The lowest BCUT2D eigenvalue weighted by atomic mass is 9.80. The second kappa shape index (κ2) is 5.31. The minimum absolute atomic E-state index is 0.0583. The average Bonchev–Trinajstić information content (AvgIpc) is 2.60. The fourth-order valence-electron chi connectivity index (χ4n) is 3.22. The molecule has 3 aromatic rings. The molecule has 0 heterocycles. The van der Waals surface area contributed by atoms with Crippen molar-refractivity contribution in [2.75, 3.05) is 0 Å². The maximum atomic E-state index is 13.0. The van der Waals surface area contributed by atoms with Crippen LogP contribution in [0.4, 0.5) is 0 Å². The molecule has 3 aromatic carbocycles.